The van der Waals surface area contributed by atoms with Crippen molar-refractivity contribution in [3.05, 3.63) is 46.1 Å². The second-order valence-corrected chi connectivity index (χ2v) is 3.60. The molecular formula is C11H9N5O2. The first kappa shape index (κ1) is 11.6. The van der Waals surface area contributed by atoms with Gasteiger partial charge in [0.15, 0.2) is 5.82 Å². The molecule has 7 nitrogen and oxygen atoms in total. The van der Waals surface area contributed by atoms with E-state index in [1.165, 1.54) is 12.1 Å². The topological polar surface area (TPSA) is 96.8 Å². The highest BCUT2D eigenvalue weighted by Gasteiger charge is 2.14. The third kappa shape index (κ3) is 2.27. The zero-order valence-electron chi connectivity index (χ0n) is 9.49. The first-order valence-electron chi connectivity index (χ1n) is 5.05. The number of hydrogen-bond donors (Lipinski definition) is 1. The van der Waals surface area contributed by atoms with Crippen molar-refractivity contribution in [2.24, 2.45) is 7.05 Å². The van der Waals surface area contributed by atoms with E-state index < -0.39 is 4.92 Å². The van der Waals surface area contributed by atoms with Crippen molar-refractivity contribution in [3.63, 3.8) is 0 Å². The second-order valence-electron chi connectivity index (χ2n) is 3.60. The lowest BCUT2D eigenvalue weighted by atomic mass is 10.2. The average Bonchev–Trinajstić information content (AvgIpc) is 2.74. The molecule has 0 aliphatic carbocycles. The van der Waals surface area contributed by atoms with Gasteiger partial charge in [-0.3, -0.25) is 14.8 Å². The minimum Gasteiger partial charge on any atom is -0.339 e. The van der Waals surface area contributed by atoms with Gasteiger partial charge in [-0.1, -0.05) is 0 Å². The van der Waals surface area contributed by atoms with Gasteiger partial charge in [0, 0.05) is 31.1 Å². The molecule has 0 aliphatic heterocycles. The smallest absolute Gasteiger partial charge is 0.289 e. The molecule has 0 spiro atoms. The Bertz CT molecular complexity index is 641. The van der Waals surface area contributed by atoms with Gasteiger partial charge >= 0.3 is 0 Å². The largest absolute Gasteiger partial charge is 0.339 e. The van der Waals surface area contributed by atoms with Gasteiger partial charge in [-0.25, -0.2) is 0 Å². The second kappa shape index (κ2) is 4.55. The number of hydrogen-bond acceptors (Lipinski definition) is 5. The molecule has 0 saturated heterocycles. The molecular weight excluding hydrogens is 234 g/mol. The molecule has 90 valence electrons. The van der Waals surface area contributed by atoms with Crippen molar-refractivity contribution in [2.75, 3.05) is 5.32 Å². The van der Waals surface area contributed by atoms with Gasteiger partial charge in [-0.05, 0) is 12.1 Å². The SMILES string of the molecule is Cn1ccc(Nc2ccc(C#N)c([N+](=O)[O-])c2)n1. The summed E-state index contributed by atoms with van der Waals surface area (Å²) in [6.45, 7) is 0. The molecule has 0 fully saturated rings. The van der Waals surface area contributed by atoms with Crippen molar-refractivity contribution in [1.29, 1.82) is 5.26 Å². The van der Waals surface area contributed by atoms with Crippen LogP contribution >= 0.6 is 0 Å². The molecule has 1 heterocycles. The number of benzene rings is 1. The lowest BCUT2D eigenvalue weighted by molar-refractivity contribution is -0.385. The predicted molar refractivity (Wildman–Crippen MR) is 64.3 cm³/mol. The summed E-state index contributed by atoms with van der Waals surface area (Å²) in [5, 5.41) is 26.6. The molecule has 1 aromatic carbocycles. The molecule has 0 bridgehead atoms. The number of nitriles is 1. The van der Waals surface area contributed by atoms with Crippen LogP contribution in [0.4, 0.5) is 17.2 Å². The molecule has 2 aromatic rings. The Morgan fingerprint density at radius 2 is 2.28 bits per heavy atom. The summed E-state index contributed by atoms with van der Waals surface area (Å²) in [5.41, 5.74) is 0.324. The first-order chi connectivity index (χ1) is 8.60. The van der Waals surface area contributed by atoms with Crippen molar-refractivity contribution < 1.29 is 4.92 Å². The van der Waals surface area contributed by atoms with Crippen LogP contribution in [-0.2, 0) is 7.05 Å². The summed E-state index contributed by atoms with van der Waals surface area (Å²) in [6.07, 6.45) is 1.75. The Balaban J connectivity index is 2.33. The van der Waals surface area contributed by atoms with E-state index in [2.05, 4.69) is 10.4 Å². The highest BCUT2D eigenvalue weighted by atomic mass is 16.6. The molecule has 0 amide bonds. The Kier molecular flexibility index (Phi) is 2.93. The van der Waals surface area contributed by atoms with Gasteiger partial charge < -0.3 is 5.32 Å². The summed E-state index contributed by atoms with van der Waals surface area (Å²) in [5.74, 6) is 0.580. The first-order valence-corrected chi connectivity index (χ1v) is 5.05. The number of aromatic nitrogens is 2. The van der Waals surface area contributed by atoms with Crippen LogP contribution in [-0.4, -0.2) is 14.7 Å². The zero-order chi connectivity index (χ0) is 13.1. The van der Waals surface area contributed by atoms with Crippen molar-refractivity contribution in [1.82, 2.24) is 9.78 Å². The van der Waals surface area contributed by atoms with Gasteiger partial charge in [0.25, 0.3) is 5.69 Å². The fourth-order valence-corrected chi connectivity index (χ4v) is 1.48. The van der Waals surface area contributed by atoms with E-state index in [-0.39, 0.29) is 11.3 Å². The van der Waals surface area contributed by atoms with Crippen LogP contribution in [0, 0.1) is 21.4 Å². The minimum atomic E-state index is -0.581. The Morgan fingerprint density at radius 1 is 1.50 bits per heavy atom. The number of nitrogens with one attached hydrogen (secondary N) is 1. The number of anilines is 2. The maximum absolute atomic E-state index is 10.8. The number of rotatable bonds is 3. The molecule has 1 N–H and O–H groups in total. The molecule has 0 unspecified atom stereocenters. The monoisotopic (exact) mass is 243 g/mol. The van der Waals surface area contributed by atoms with Crippen LogP contribution in [0.15, 0.2) is 30.5 Å². The molecule has 2 rings (SSSR count). The summed E-state index contributed by atoms with van der Waals surface area (Å²) in [4.78, 5) is 10.2. The van der Waals surface area contributed by atoms with E-state index in [1.54, 1.807) is 36.1 Å². The van der Waals surface area contributed by atoms with Gasteiger partial charge in [0.05, 0.1) is 4.92 Å². The third-order valence-electron chi connectivity index (χ3n) is 2.30. The van der Waals surface area contributed by atoms with Crippen molar-refractivity contribution >= 4 is 17.2 Å². The zero-order valence-corrected chi connectivity index (χ0v) is 9.49. The van der Waals surface area contributed by atoms with Crippen LogP contribution in [0.5, 0.6) is 0 Å². The van der Waals surface area contributed by atoms with Gasteiger partial charge in [0.1, 0.15) is 11.6 Å². The molecule has 0 aliphatic rings. The highest BCUT2D eigenvalue weighted by Crippen LogP contribution is 2.24. The Morgan fingerprint density at radius 3 is 2.83 bits per heavy atom. The van der Waals surface area contributed by atoms with Gasteiger partial charge in [-0.2, -0.15) is 10.4 Å². The van der Waals surface area contributed by atoms with E-state index >= 15 is 0 Å². The molecule has 0 radical (unpaired) electrons. The van der Waals surface area contributed by atoms with Gasteiger partial charge in [0.2, 0.25) is 0 Å². The van der Waals surface area contributed by atoms with Crippen molar-refractivity contribution in [2.45, 2.75) is 0 Å². The maximum Gasteiger partial charge on any atom is 0.289 e. The Labute approximate surface area is 102 Å². The number of nitro groups is 1. The normalized spacial score (nSPS) is 9.78. The quantitative estimate of drug-likeness (QED) is 0.656. The van der Waals surface area contributed by atoms with Crippen molar-refractivity contribution in [3.8, 4) is 6.07 Å². The molecule has 0 atom stereocenters. The summed E-state index contributed by atoms with van der Waals surface area (Å²) in [7, 11) is 1.77. The van der Waals surface area contributed by atoms with E-state index in [0.717, 1.165) is 0 Å². The summed E-state index contributed by atoms with van der Waals surface area (Å²) >= 11 is 0. The van der Waals surface area contributed by atoms with Gasteiger partial charge in [-0.15, -0.1) is 0 Å². The summed E-state index contributed by atoms with van der Waals surface area (Å²) in [6, 6.07) is 7.84. The van der Waals surface area contributed by atoms with Crippen LogP contribution in [0.2, 0.25) is 0 Å². The van der Waals surface area contributed by atoms with E-state index in [9.17, 15) is 10.1 Å². The molecule has 1 aromatic heterocycles. The molecule has 18 heavy (non-hydrogen) atoms. The van der Waals surface area contributed by atoms with Crippen LogP contribution in [0.25, 0.3) is 0 Å². The van der Waals surface area contributed by atoms with Crippen LogP contribution in [0.3, 0.4) is 0 Å². The number of nitro benzene ring substituents is 1. The highest BCUT2D eigenvalue weighted by molar-refractivity contribution is 5.63. The fraction of sp³-hybridized carbons (Fsp3) is 0.0909. The third-order valence-corrected chi connectivity index (χ3v) is 2.30. The maximum atomic E-state index is 10.8. The average molecular weight is 243 g/mol. The summed E-state index contributed by atoms with van der Waals surface area (Å²) < 4.78 is 1.61. The molecule has 0 saturated carbocycles. The lowest BCUT2D eigenvalue weighted by Gasteiger charge is -2.03. The van der Waals surface area contributed by atoms with E-state index in [1.807, 2.05) is 0 Å². The lowest BCUT2D eigenvalue weighted by Crippen LogP contribution is -1.97. The van der Waals surface area contributed by atoms with E-state index in [0.29, 0.717) is 11.5 Å². The minimum absolute atomic E-state index is 0.0339. The molecule has 7 heteroatoms. The van der Waals surface area contributed by atoms with E-state index in [4.69, 9.17) is 5.26 Å². The number of nitrogens with zero attached hydrogens (tertiary/aromatic N) is 4. The Hall–Kier alpha value is -2.88. The standard InChI is InChI=1S/C11H9N5O2/c1-15-5-4-11(14-15)13-9-3-2-8(7-12)10(6-9)16(17)18/h2-6H,1H3,(H,13,14). The van der Waals surface area contributed by atoms with Crippen LogP contribution < -0.4 is 5.32 Å². The predicted octanol–water partition coefficient (Wildman–Crippen LogP) is 1.94. The fourth-order valence-electron chi connectivity index (χ4n) is 1.48. The van der Waals surface area contributed by atoms with Crippen LogP contribution in [0.1, 0.15) is 5.56 Å². The number of aryl methyl sites for hydroxylation is 1.